The third kappa shape index (κ3) is 2.83. The molecule has 2 heterocycles. The predicted octanol–water partition coefficient (Wildman–Crippen LogP) is 4.50. The quantitative estimate of drug-likeness (QED) is 0.665. The number of hydrogen-bond donors (Lipinski definition) is 0. The van der Waals surface area contributed by atoms with Gasteiger partial charge in [-0.3, -0.25) is 0 Å². The van der Waals surface area contributed by atoms with E-state index in [0.717, 1.165) is 27.6 Å². The Morgan fingerprint density at radius 2 is 1.94 bits per heavy atom. The van der Waals surface area contributed by atoms with Gasteiger partial charge in [-0.05, 0) is 12.1 Å². The van der Waals surface area contributed by atoms with Crippen LogP contribution in [0.15, 0.2) is 29.6 Å². The van der Waals surface area contributed by atoms with E-state index in [0.29, 0.717) is 5.88 Å². The highest BCUT2D eigenvalue weighted by atomic mass is 35.5. The number of thiazole rings is 2. The first-order valence-electron chi connectivity index (χ1n) is 5.19. The van der Waals surface area contributed by atoms with Crippen LogP contribution in [-0.4, -0.2) is 9.97 Å². The fourth-order valence-electron chi connectivity index (χ4n) is 1.62. The first kappa shape index (κ1) is 13.7. The Balaban J connectivity index is 0.00000120. The van der Waals surface area contributed by atoms with E-state index in [2.05, 4.69) is 16.0 Å². The molecule has 0 amide bonds. The molecule has 0 bridgehead atoms. The van der Waals surface area contributed by atoms with Gasteiger partial charge >= 0.3 is 0 Å². The molecule has 2 nitrogen and oxygen atoms in total. The summed E-state index contributed by atoms with van der Waals surface area (Å²) in [5.41, 5.74) is 2.02. The molecule has 2 aromatic heterocycles. The minimum atomic E-state index is 0. The Hall–Kier alpha value is -0.680. The molecular formula is C12H10Cl2N2S2. The molecule has 0 saturated carbocycles. The van der Waals surface area contributed by atoms with Crippen LogP contribution < -0.4 is 0 Å². The van der Waals surface area contributed by atoms with Crippen LogP contribution in [0.2, 0.25) is 0 Å². The van der Waals surface area contributed by atoms with Crippen LogP contribution in [0.5, 0.6) is 0 Å². The second-order valence-corrected chi connectivity index (χ2v) is 5.94. The maximum Gasteiger partial charge on any atom is 0.101 e. The molecule has 3 rings (SSSR count). The molecule has 0 aliphatic rings. The number of halogens is 2. The largest absolute Gasteiger partial charge is 0.245 e. The van der Waals surface area contributed by atoms with Gasteiger partial charge in [0.2, 0.25) is 0 Å². The summed E-state index contributed by atoms with van der Waals surface area (Å²) in [4.78, 5) is 9.04. The number of benzene rings is 1. The lowest BCUT2D eigenvalue weighted by Gasteiger charge is -1.89. The average Bonchev–Trinajstić information content (AvgIpc) is 2.94. The SMILES string of the molecule is Cl.ClCc1csc(Cc2nc3ccccc3s2)n1. The Morgan fingerprint density at radius 3 is 2.67 bits per heavy atom. The molecule has 1 aromatic carbocycles. The minimum Gasteiger partial charge on any atom is -0.245 e. The van der Waals surface area contributed by atoms with E-state index in [1.165, 1.54) is 4.70 Å². The summed E-state index contributed by atoms with van der Waals surface area (Å²) >= 11 is 9.12. The zero-order chi connectivity index (χ0) is 11.7. The van der Waals surface area contributed by atoms with E-state index in [4.69, 9.17) is 11.6 Å². The van der Waals surface area contributed by atoms with Gasteiger partial charge in [0.15, 0.2) is 0 Å². The van der Waals surface area contributed by atoms with Crippen molar-refractivity contribution >= 4 is 56.9 Å². The Bertz CT molecular complexity index is 615. The van der Waals surface area contributed by atoms with Crippen LogP contribution in [0, 0.1) is 0 Å². The van der Waals surface area contributed by atoms with Crippen LogP contribution in [0.4, 0.5) is 0 Å². The molecule has 0 fully saturated rings. The lowest BCUT2D eigenvalue weighted by atomic mass is 10.3. The fourth-order valence-corrected chi connectivity index (χ4v) is 3.71. The van der Waals surface area contributed by atoms with Crippen LogP contribution >= 0.6 is 46.7 Å². The molecular weight excluding hydrogens is 307 g/mol. The molecule has 0 atom stereocenters. The highest BCUT2D eigenvalue weighted by molar-refractivity contribution is 7.18. The second kappa shape index (κ2) is 5.97. The normalized spacial score (nSPS) is 10.5. The summed E-state index contributed by atoms with van der Waals surface area (Å²) in [6.07, 6.45) is 0.806. The number of para-hydroxylation sites is 1. The van der Waals surface area contributed by atoms with E-state index in [1.54, 1.807) is 22.7 Å². The molecule has 0 unspecified atom stereocenters. The van der Waals surface area contributed by atoms with Gasteiger partial charge in [0.25, 0.3) is 0 Å². The summed E-state index contributed by atoms with van der Waals surface area (Å²) < 4.78 is 1.23. The summed E-state index contributed by atoms with van der Waals surface area (Å²) in [5, 5.41) is 4.21. The lowest BCUT2D eigenvalue weighted by molar-refractivity contribution is 1.08. The molecule has 0 saturated heterocycles. The smallest absolute Gasteiger partial charge is 0.101 e. The summed E-state index contributed by atoms with van der Waals surface area (Å²) in [6.45, 7) is 0. The van der Waals surface area contributed by atoms with Gasteiger partial charge in [0.1, 0.15) is 5.01 Å². The maximum absolute atomic E-state index is 5.74. The maximum atomic E-state index is 5.74. The molecule has 0 aliphatic carbocycles. The number of aromatic nitrogens is 2. The first-order chi connectivity index (χ1) is 8.35. The number of rotatable bonds is 3. The standard InChI is InChI=1S/C12H9ClN2S2.ClH/c13-6-8-7-16-11(14-8)5-12-15-9-3-1-2-4-10(9)17-12;/h1-4,7H,5-6H2;1H. The molecule has 0 aliphatic heterocycles. The van der Waals surface area contributed by atoms with Crippen molar-refractivity contribution in [3.8, 4) is 0 Å². The predicted molar refractivity (Wildman–Crippen MR) is 81.3 cm³/mol. The highest BCUT2D eigenvalue weighted by Gasteiger charge is 2.07. The topological polar surface area (TPSA) is 25.8 Å². The molecule has 0 spiro atoms. The van der Waals surface area contributed by atoms with Crippen LogP contribution in [0.3, 0.4) is 0 Å². The van der Waals surface area contributed by atoms with E-state index in [9.17, 15) is 0 Å². The van der Waals surface area contributed by atoms with Gasteiger partial charge in [-0.1, -0.05) is 12.1 Å². The van der Waals surface area contributed by atoms with Crippen molar-refractivity contribution in [1.82, 2.24) is 9.97 Å². The summed E-state index contributed by atoms with van der Waals surface area (Å²) in [6, 6.07) is 8.20. The van der Waals surface area contributed by atoms with Gasteiger partial charge in [0, 0.05) is 5.38 Å². The lowest BCUT2D eigenvalue weighted by Crippen LogP contribution is -1.86. The Morgan fingerprint density at radius 1 is 1.11 bits per heavy atom. The number of nitrogens with zero attached hydrogens (tertiary/aromatic N) is 2. The first-order valence-corrected chi connectivity index (χ1v) is 7.42. The zero-order valence-corrected chi connectivity index (χ0v) is 12.5. The number of alkyl halides is 1. The third-order valence-electron chi connectivity index (χ3n) is 2.38. The van der Waals surface area contributed by atoms with Gasteiger partial charge < -0.3 is 0 Å². The van der Waals surface area contributed by atoms with Crippen LogP contribution in [-0.2, 0) is 12.3 Å². The minimum absolute atomic E-state index is 0. The summed E-state index contributed by atoms with van der Waals surface area (Å²) in [5.74, 6) is 0.482. The van der Waals surface area contributed by atoms with Crippen molar-refractivity contribution in [3.05, 3.63) is 45.4 Å². The molecule has 18 heavy (non-hydrogen) atoms. The van der Waals surface area contributed by atoms with Crippen LogP contribution in [0.25, 0.3) is 10.2 Å². The van der Waals surface area contributed by atoms with Gasteiger partial charge in [-0.2, -0.15) is 0 Å². The highest BCUT2D eigenvalue weighted by Crippen LogP contribution is 2.24. The number of fused-ring (bicyclic) bond motifs is 1. The van der Waals surface area contributed by atoms with E-state index < -0.39 is 0 Å². The molecule has 94 valence electrons. The van der Waals surface area contributed by atoms with Crippen LogP contribution in [0.1, 0.15) is 15.7 Å². The van der Waals surface area contributed by atoms with Gasteiger partial charge in [-0.15, -0.1) is 46.7 Å². The van der Waals surface area contributed by atoms with E-state index in [-0.39, 0.29) is 12.4 Å². The molecule has 6 heteroatoms. The van der Waals surface area contributed by atoms with Gasteiger partial charge in [-0.25, -0.2) is 9.97 Å². The zero-order valence-electron chi connectivity index (χ0n) is 9.30. The average molecular weight is 317 g/mol. The van der Waals surface area contributed by atoms with E-state index in [1.807, 2.05) is 23.6 Å². The summed E-state index contributed by atoms with van der Waals surface area (Å²) in [7, 11) is 0. The van der Waals surface area contributed by atoms with Crippen molar-refractivity contribution in [2.75, 3.05) is 0 Å². The molecule has 0 radical (unpaired) electrons. The Kier molecular flexibility index (Phi) is 4.56. The van der Waals surface area contributed by atoms with E-state index >= 15 is 0 Å². The second-order valence-electron chi connectivity index (χ2n) is 3.62. The van der Waals surface area contributed by atoms with Gasteiger partial charge in [0.05, 0.1) is 33.2 Å². The van der Waals surface area contributed by atoms with Crippen molar-refractivity contribution < 1.29 is 0 Å². The van der Waals surface area contributed by atoms with Crippen molar-refractivity contribution in [2.45, 2.75) is 12.3 Å². The van der Waals surface area contributed by atoms with Crippen molar-refractivity contribution in [1.29, 1.82) is 0 Å². The van der Waals surface area contributed by atoms with Crippen molar-refractivity contribution in [3.63, 3.8) is 0 Å². The Labute approximate surface area is 124 Å². The molecule has 3 aromatic rings. The number of hydrogen-bond acceptors (Lipinski definition) is 4. The van der Waals surface area contributed by atoms with Crippen molar-refractivity contribution in [2.24, 2.45) is 0 Å². The third-order valence-corrected chi connectivity index (χ3v) is 4.58. The monoisotopic (exact) mass is 316 g/mol. The molecule has 0 N–H and O–H groups in total. The fraction of sp³-hybridized carbons (Fsp3) is 0.167.